The molecule has 0 aliphatic heterocycles. The van der Waals surface area contributed by atoms with Crippen molar-refractivity contribution in [2.75, 3.05) is 13.1 Å². The topological polar surface area (TPSA) is 70.2 Å². The summed E-state index contributed by atoms with van der Waals surface area (Å²) in [6.45, 7) is 1.16. The first kappa shape index (κ1) is 15.3. The highest BCUT2D eigenvalue weighted by molar-refractivity contribution is 5.84. The fraction of sp³-hybridized carbons (Fsp3) is 0.333. The molecule has 23 heavy (non-hydrogen) atoms. The normalized spacial score (nSPS) is 13.6. The number of carbonyl (C=O) groups is 2. The summed E-state index contributed by atoms with van der Waals surface area (Å²) in [6.07, 6.45) is 2.39. The van der Waals surface area contributed by atoms with Crippen molar-refractivity contribution in [2.45, 2.75) is 19.4 Å². The summed E-state index contributed by atoms with van der Waals surface area (Å²) in [5, 5.41) is 10.5. The maximum Gasteiger partial charge on any atom is 0.315 e. The Kier molecular flexibility index (Phi) is 4.76. The lowest BCUT2D eigenvalue weighted by Crippen LogP contribution is -2.42. The monoisotopic (exact) mass is 311 g/mol. The Morgan fingerprint density at radius 3 is 2.52 bits per heavy atom. The molecule has 0 saturated heterocycles. The zero-order chi connectivity index (χ0) is 16.1. The minimum absolute atomic E-state index is 0.0102. The zero-order valence-corrected chi connectivity index (χ0v) is 13.0. The summed E-state index contributed by atoms with van der Waals surface area (Å²) in [5.74, 6) is 0.499. The van der Waals surface area contributed by atoms with E-state index in [4.69, 9.17) is 0 Å². The molecule has 2 aromatic carbocycles. The van der Waals surface area contributed by atoms with Crippen molar-refractivity contribution in [3.8, 4) is 0 Å². The highest BCUT2D eigenvalue weighted by atomic mass is 16.2. The summed E-state index contributed by atoms with van der Waals surface area (Å²) < 4.78 is 0. The zero-order valence-electron chi connectivity index (χ0n) is 13.0. The van der Waals surface area contributed by atoms with Crippen molar-refractivity contribution in [1.82, 2.24) is 16.0 Å². The summed E-state index contributed by atoms with van der Waals surface area (Å²) in [6, 6.07) is 13.8. The molecule has 0 radical (unpaired) electrons. The van der Waals surface area contributed by atoms with Crippen molar-refractivity contribution < 1.29 is 9.59 Å². The molecule has 1 aliphatic carbocycles. The Morgan fingerprint density at radius 2 is 1.74 bits per heavy atom. The number of fused-ring (bicyclic) bond motifs is 1. The predicted octanol–water partition coefficient (Wildman–Crippen LogP) is 2.17. The quantitative estimate of drug-likeness (QED) is 0.765. The summed E-state index contributed by atoms with van der Waals surface area (Å²) in [7, 11) is 0. The average molecular weight is 311 g/mol. The van der Waals surface area contributed by atoms with Crippen LogP contribution in [0.25, 0.3) is 10.8 Å². The van der Waals surface area contributed by atoms with Crippen molar-refractivity contribution in [3.05, 3.63) is 48.0 Å². The number of carbonyl (C=O) groups excluding carboxylic acids is 2. The van der Waals surface area contributed by atoms with Crippen molar-refractivity contribution in [3.63, 3.8) is 0 Å². The number of rotatable bonds is 6. The van der Waals surface area contributed by atoms with Gasteiger partial charge in [-0.05, 0) is 41.2 Å². The Bertz CT molecular complexity index is 710. The molecule has 3 amide bonds. The Hall–Kier alpha value is -2.56. The number of amides is 3. The van der Waals surface area contributed by atoms with Gasteiger partial charge in [-0.15, -0.1) is 0 Å². The molecule has 0 bridgehead atoms. The SMILES string of the molecule is O=C(CNC(=O)NCc1ccc2ccccc2c1)NCC1CC1. The molecule has 3 N–H and O–H groups in total. The molecule has 120 valence electrons. The maximum absolute atomic E-state index is 11.7. The van der Waals surface area contributed by atoms with Crippen LogP contribution in [0.4, 0.5) is 4.79 Å². The standard InChI is InChI=1S/C18H21N3O2/c22-17(19-10-13-5-6-13)12-21-18(23)20-11-14-7-8-15-3-1-2-4-16(15)9-14/h1-4,7-9,13H,5-6,10-12H2,(H,19,22)(H2,20,21,23). The molecule has 1 aliphatic rings. The lowest BCUT2D eigenvalue weighted by atomic mass is 10.1. The van der Waals surface area contributed by atoms with Crippen LogP contribution < -0.4 is 16.0 Å². The lowest BCUT2D eigenvalue weighted by molar-refractivity contribution is -0.120. The molecule has 3 rings (SSSR count). The molecule has 0 aromatic heterocycles. The fourth-order valence-electron chi connectivity index (χ4n) is 2.40. The third-order valence-corrected chi connectivity index (χ3v) is 3.96. The Morgan fingerprint density at radius 1 is 0.957 bits per heavy atom. The van der Waals surface area contributed by atoms with Crippen LogP contribution in [0.1, 0.15) is 18.4 Å². The number of hydrogen-bond donors (Lipinski definition) is 3. The molecular weight excluding hydrogens is 290 g/mol. The predicted molar refractivity (Wildman–Crippen MR) is 89.9 cm³/mol. The van der Waals surface area contributed by atoms with Crippen LogP contribution in [0.15, 0.2) is 42.5 Å². The second kappa shape index (κ2) is 7.13. The van der Waals surface area contributed by atoms with Crippen molar-refractivity contribution in [1.29, 1.82) is 0 Å². The smallest absolute Gasteiger partial charge is 0.315 e. The van der Waals surface area contributed by atoms with Crippen molar-refractivity contribution in [2.24, 2.45) is 5.92 Å². The van der Waals surface area contributed by atoms with E-state index in [9.17, 15) is 9.59 Å². The highest BCUT2D eigenvalue weighted by Crippen LogP contribution is 2.27. The van der Waals surface area contributed by atoms with E-state index in [-0.39, 0.29) is 18.5 Å². The van der Waals surface area contributed by atoms with E-state index in [1.165, 1.54) is 18.2 Å². The molecule has 5 nitrogen and oxygen atoms in total. The lowest BCUT2D eigenvalue weighted by Gasteiger charge is -2.09. The van der Waals surface area contributed by atoms with Gasteiger partial charge in [0, 0.05) is 13.1 Å². The number of urea groups is 1. The Labute approximate surface area is 135 Å². The largest absolute Gasteiger partial charge is 0.354 e. The van der Waals surface area contributed by atoms with Gasteiger partial charge in [-0.1, -0.05) is 36.4 Å². The van der Waals surface area contributed by atoms with Gasteiger partial charge in [0.05, 0.1) is 6.54 Å². The van der Waals surface area contributed by atoms with Crippen LogP contribution in [0.2, 0.25) is 0 Å². The van der Waals surface area contributed by atoms with Gasteiger partial charge in [0.2, 0.25) is 5.91 Å². The molecule has 5 heteroatoms. The Balaban J connectivity index is 1.41. The average Bonchev–Trinajstić information content (AvgIpc) is 3.40. The van der Waals surface area contributed by atoms with E-state index in [1.807, 2.05) is 30.3 Å². The minimum atomic E-state index is -0.334. The molecule has 0 atom stereocenters. The summed E-state index contributed by atoms with van der Waals surface area (Å²) >= 11 is 0. The summed E-state index contributed by atoms with van der Waals surface area (Å²) in [5.41, 5.74) is 1.03. The number of nitrogens with one attached hydrogen (secondary N) is 3. The van der Waals surface area contributed by atoms with Crippen LogP contribution in [-0.2, 0) is 11.3 Å². The van der Waals surface area contributed by atoms with E-state index < -0.39 is 0 Å². The number of benzene rings is 2. The van der Waals surface area contributed by atoms with Gasteiger partial charge in [0.15, 0.2) is 0 Å². The van der Waals surface area contributed by atoms with Gasteiger partial charge in [-0.2, -0.15) is 0 Å². The molecular formula is C18H21N3O2. The van der Waals surface area contributed by atoms with Gasteiger partial charge in [0.25, 0.3) is 0 Å². The first-order valence-electron chi connectivity index (χ1n) is 7.97. The first-order valence-corrected chi connectivity index (χ1v) is 7.97. The summed E-state index contributed by atoms with van der Waals surface area (Å²) in [4.78, 5) is 23.3. The third kappa shape index (κ3) is 4.71. The second-order valence-corrected chi connectivity index (χ2v) is 5.97. The molecule has 1 fully saturated rings. The minimum Gasteiger partial charge on any atom is -0.354 e. The molecule has 2 aromatic rings. The molecule has 0 unspecified atom stereocenters. The fourth-order valence-corrected chi connectivity index (χ4v) is 2.40. The van der Waals surface area contributed by atoms with Crippen LogP contribution >= 0.6 is 0 Å². The van der Waals surface area contributed by atoms with E-state index in [0.717, 1.165) is 17.5 Å². The van der Waals surface area contributed by atoms with Gasteiger partial charge >= 0.3 is 6.03 Å². The van der Waals surface area contributed by atoms with Gasteiger partial charge in [-0.25, -0.2) is 4.79 Å². The van der Waals surface area contributed by atoms with Crippen molar-refractivity contribution >= 4 is 22.7 Å². The molecule has 1 saturated carbocycles. The van der Waals surface area contributed by atoms with Crippen LogP contribution in [0.5, 0.6) is 0 Å². The number of hydrogen-bond acceptors (Lipinski definition) is 2. The van der Waals surface area contributed by atoms with Crippen LogP contribution in [-0.4, -0.2) is 25.0 Å². The van der Waals surface area contributed by atoms with Gasteiger partial charge < -0.3 is 16.0 Å². The molecule has 0 spiro atoms. The van der Waals surface area contributed by atoms with E-state index in [1.54, 1.807) is 0 Å². The maximum atomic E-state index is 11.7. The van der Waals surface area contributed by atoms with Crippen LogP contribution in [0.3, 0.4) is 0 Å². The second-order valence-electron chi connectivity index (χ2n) is 5.97. The van der Waals surface area contributed by atoms with Crippen LogP contribution in [0, 0.1) is 5.92 Å². The van der Waals surface area contributed by atoms with Gasteiger partial charge in [-0.3, -0.25) is 4.79 Å². The van der Waals surface area contributed by atoms with E-state index >= 15 is 0 Å². The van der Waals surface area contributed by atoms with E-state index in [0.29, 0.717) is 12.5 Å². The first-order chi connectivity index (χ1) is 11.2. The third-order valence-electron chi connectivity index (χ3n) is 3.96. The van der Waals surface area contributed by atoms with Gasteiger partial charge in [0.1, 0.15) is 0 Å². The van der Waals surface area contributed by atoms with E-state index in [2.05, 4.69) is 28.1 Å². The molecule has 0 heterocycles. The highest BCUT2D eigenvalue weighted by Gasteiger charge is 2.21.